The molecule has 2 N–H and O–H groups in total. The number of halogens is 3. The third-order valence-electron chi connectivity index (χ3n) is 10.4. The molecule has 1 aromatic heterocycles. The van der Waals surface area contributed by atoms with Crippen molar-refractivity contribution in [2.75, 3.05) is 52.6 Å². The molecule has 0 bridgehead atoms. The van der Waals surface area contributed by atoms with Crippen LogP contribution in [0.15, 0.2) is 66.9 Å². The van der Waals surface area contributed by atoms with Gasteiger partial charge in [0, 0.05) is 69.2 Å². The number of fused-ring (bicyclic) bond motifs is 1. The number of benzene rings is 2. The summed E-state index contributed by atoms with van der Waals surface area (Å²) in [6.07, 6.45) is 1.46. The first-order valence-corrected chi connectivity index (χ1v) is 18.1. The van der Waals surface area contributed by atoms with E-state index in [-0.39, 0.29) is 56.6 Å². The number of likely N-dealkylation sites (tertiary alicyclic amines) is 1. The van der Waals surface area contributed by atoms with Gasteiger partial charge in [0.1, 0.15) is 23.6 Å². The van der Waals surface area contributed by atoms with E-state index in [0.29, 0.717) is 38.4 Å². The fourth-order valence-corrected chi connectivity index (χ4v) is 7.67. The number of hydrogen-bond acceptors (Lipinski definition) is 9. The SMILES string of the molecule is O=C(NCCOCCN1C(=O)C=CC1=O)O[C@@H]1C(=O)N([C@@H](c2nc(-c3cc(F)ccc3F)cn2Cc2ccccc2)C2CCOCC2)C[C@@H]2C1NC[C@@H]2F. The number of imidazole rings is 1. The molecule has 4 aliphatic rings. The van der Waals surface area contributed by atoms with Crippen molar-refractivity contribution in [2.24, 2.45) is 11.8 Å². The number of alkyl carbamates (subject to hydrolysis) is 1. The van der Waals surface area contributed by atoms with Gasteiger partial charge in [0.25, 0.3) is 17.7 Å². The zero-order valence-corrected chi connectivity index (χ0v) is 29.4. The van der Waals surface area contributed by atoms with Crippen molar-refractivity contribution in [3.05, 3.63) is 89.9 Å². The lowest BCUT2D eigenvalue weighted by Crippen LogP contribution is -2.62. The van der Waals surface area contributed by atoms with Crippen molar-refractivity contribution in [3.63, 3.8) is 0 Å². The Balaban J connectivity index is 1.14. The van der Waals surface area contributed by atoms with E-state index in [1.807, 2.05) is 34.9 Å². The standard InChI is InChI=1S/C38H41F3N6O7/c39-25-6-7-28(40)26(18-25)30-22-45(20-23-4-2-1-3-5-23)36(44-30)34(24-10-14-52-15-11-24)47-21-27-29(41)19-43-33(27)35(37(47)50)54-38(51)42-12-16-53-17-13-46-31(48)8-9-32(46)49/h1-9,18,22,24,27,29,33-35,43H,10-17,19-21H2,(H,42,51)/t27-,29-,33?,34+,35-/m0/s1. The van der Waals surface area contributed by atoms with Crippen LogP contribution in [0.25, 0.3) is 11.3 Å². The van der Waals surface area contributed by atoms with Crippen LogP contribution in [0.1, 0.15) is 30.3 Å². The summed E-state index contributed by atoms with van der Waals surface area (Å²) in [6, 6.07) is 11.1. The number of rotatable bonds is 13. The van der Waals surface area contributed by atoms with Crippen molar-refractivity contribution in [1.29, 1.82) is 0 Å². The van der Waals surface area contributed by atoms with Crippen LogP contribution < -0.4 is 10.6 Å². The first-order chi connectivity index (χ1) is 26.2. The number of amides is 4. The minimum absolute atomic E-state index is 0.00209. The summed E-state index contributed by atoms with van der Waals surface area (Å²) in [5.41, 5.74) is 1.03. The molecular weight excluding hydrogens is 709 g/mol. The number of hydrogen-bond donors (Lipinski definition) is 2. The highest BCUT2D eigenvalue weighted by Crippen LogP contribution is 2.41. The number of nitrogens with one attached hydrogen (secondary N) is 2. The minimum Gasteiger partial charge on any atom is -0.434 e. The molecule has 13 nitrogen and oxygen atoms in total. The average Bonchev–Trinajstić information content (AvgIpc) is 3.85. The number of aromatic nitrogens is 2. The summed E-state index contributed by atoms with van der Waals surface area (Å²) in [7, 11) is 0. The maximum atomic E-state index is 15.6. The van der Waals surface area contributed by atoms with E-state index < -0.39 is 65.7 Å². The predicted molar refractivity (Wildman–Crippen MR) is 186 cm³/mol. The second-order valence-electron chi connectivity index (χ2n) is 13.7. The lowest BCUT2D eigenvalue weighted by Gasteiger charge is -2.45. The van der Waals surface area contributed by atoms with Crippen LogP contribution in [0, 0.1) is 23.5 Å². The van der Waals surface area contributed by atoms with E-state index in [2.05, 4.69) is 10.6 Å². The van der Waals surface area contributed by atoms with E-state index in [4.69, 9.17) is 19.2 Å². The second-order valence-corrected chi connectivity index (χ2v) is 13.7. The third-order valence-corrected chi connectivity index (χ3v) is 10.4. The first-order valence-electron chi connectivity index (χ1n) is 18.1. The molecule has 0 spiro atoms. The van der Waals surface area contributed by atoms with Crippen molar-refractivity contribution in [2.45, 2.75) is 43.7 Å². The summed E-state index contributed by atoms with van der Waals surface area (Å²) in [5.74, 6) is -3.20. The molecule has 1 unspecified atom stereocenters. The predicted octanol–water partition coefficient (Wildman–Crippen LogP) is 3.15. The maximum Gasteiger partial charge on any atom is 0.408 e. The lowest BCUT2D eigenvalue weighted by atomic mass is 9.84. The minimum atomic E-state index is -1.38. The highest BCUT2D eigenvalue weighted by atomic mass is 19.1. The maximum absolute atomic E-state index is 15.6. The van der Waals surface area contributed by atoms with Gasteiger partial charge >= 0.3 is 6.09 Å². The van der Waals surface area contributed by atoms with E-state index in [1.54, 1.807) is 11.1 Å². The molecule has 0 aliphatic carbocycles. The topological polar surface area (TPSA) is 144 Å². The molecular formula is C38H41F3N6O7. The molecule has 54 heavy (non-hydrogen) atoms. The fourth-order valence-electron chi connectivity index (χ4n) is 7.67. The van der Waals surface area contributed by atoms with Crippen molar-refractivity contribution >= 4 is 23.8 Å². The van der Waals surface area contributed by atoms with Crippen LogP contribution in [0.3, 0.4) is 0 Å². The van der Waals surface area contributed by atoms with Gasteiger partial charge in [0.2, 0.25) is 0 Å². The summed E-state index contributed by atoms with van der Waals surface area (Å²) >= 11 is 0. The number of imide groups is 1. The molecule has 5 atom stereocenters. The van der Waals surface area contributed by atoms with E-state index in [0.717, 1.165) is 28.7 Å². The molecule has 3 fully saturated rings. The molecule has 5 heterocycles. The van der Waals surface area contributed by atoms with E-state index in [9.17, 15) is 23.6 Å². The summed E-state index contributed by atoms with van der Waals surface area (Å²) in [5, 5.41) is 5.59. The van der Waals surface area contributed by atoms with Crippen LogP contribution in [0.2, 0.25) is 0 Å². The molecule has 3 aromatic rings. The van der Waals surface area contributed by atoms with Gasteiger partial charge in [-0.25, -0.2) is 22.9 Å². The van der Waals surface area contributed by atoms with E-state index in [1.165, 1.54) is 12.2 Å². The molecule has 2 aromatic carbocycles. The number of ether oxygens (including phenoxy) is 3. The van der Waals surface area contributed by atoms with Gasteiger partial charge in [-0.2, -0.15) is 0 Å². The molecule has 4 aliphatic heterocycles. The summed E-state index contributed by atoms with van der Waals surface area (Å²) < 4.78 is 63.9. The van der Waals surface area contributed by atoms with Crippen molar-refractivity contribution in [3.8, 4) is 11.3 Å². The summed E-state index contributed by atoms with van der Waals surface area (Å²) in [6.45, 7) is 1.25. The van der Waals surface area contributed by atoms with Crippen LogP contribution in [0.4, 0.5) is 18.0 Å². The van der Waals surface area contributed by atoms with Gasteiger partial charge in [-0.15, -0.1) is 0 Å². The van der Waals surface area contributed by atoms with Gasteiger partial charge in [-0.05, 0) is 42.5 Å². The Morgan fingerprint density at radius 3 is 2.56 bits per heavy atom. The Kier molecular flexibility index (Phi) is 11.4. The van der Waals surface area contributed by atoms with Crippen LogP contribution in [-0.4, -0.2) is 114 Å². The summed E-state index contributed by atoms with van der Waals surface area (Å²) in [4.78, 5) is 58.6. The zero-order chi connectivity index (χ0) is 37.8. The van der Waals surface area contributed by atoms with Crippen LogP contribution in [-0.2, 0) is 35.1 Å². The lowest BCUT2D eigenvalue weighted by molar-refractivity contribution is -0.155. The highest BCUT2D eigenvalue weighted by Gasteiger charge is 2.54. The van der Waals surface area contributed by atoms with E-state index >= 15 is 8.78 Å². The fraction of sp³-hybridized carbons (Fsp3) is 0.447. The number of carbonyl (C=O) groups excluding carboxylic acids is 4. The average molecular weight is 751 g/mol. The number of nitrogens with zero attached hydrogens (tertiary/aromatic N) is 4. The Morgan fingerprint density at radius 2 is 1.80 bits per heavy atom. The Bertz CT molecular complexity index is 1870. The second kappa shape index (κ2) is 16.5. The molecule has 286 valence electrons. The normalized spacial score (nSPS) is 23.6. The molecule has 3 saturated heterocycles. The van der Waals surface area contributed by atoms with Gasteiger partial charge < -0.3 is 34.3 Å². The molecule has 16 heteroatoms. The van der Waals surface area contributed by atoms with Crippen LogP contribution >= 0.6 is 0 Å². The third kappa shape index (κ3) is 8.05. The quantitative estimate of drug-likeness (QED) is 0.199. The molecule has 7 rings (SSSR count). The monoisotopic (exact) mass is 750 g/mol. The van der Waals surface area contributed by atoms with Crippen LogP contribution in [0.5, 0.6) is 0 Å². The number of alkyl halides is 1. The smallest absolute Gasteiger partial charge is 0.408 e. The van der Waals surface area contributed by atoms with Crippen molar-refractivity contribution < 1.29 is 46.6 Å². The van der Waals surface area contributed by atoms with Gasteiger partial charge in [-0.3, -0.25) is 19.3 Å². The zero-order valence-electron chi connectivity index (χ0n) is 29.4. The largest absolute Gasteiger partial charge is 0.434 e. The van der Waals surface area contributed by atoms with Gasteiger partial charge in [0.15, 0.2) is 6.10 Å². The number of carbonyl (C=O) groups is 4. The molecule has 4 amide bonds. The Hall–Kier alpha value is -5.06. The van der Waals surface area contributed by atoms with Gasteiger partial charge in [0.05, 0.1) is 37.5 Å². The Labute approximate surface area is 309 Å². The first kappa shape index (κ1) is 37.3. The molecule has 0 saturated carbocycles. The number of piperidine rings is 1. The Morgan fingerprint density at radius 1 is 1.04 bits per heavy atom. The van der Waals surface area contributed by atoms with Crippen molar-refractivity contribution in [1.82, 2.24) is 30.0 Å². The molecule has 0 radical (unpaired) electrons. The van der Waals surface area contributed by atoms with Gasteiger partial charge in [-0.1, -0.05) is 30.3 Å². The highest BCUT2D eigenvalue weighted by molar-refractivity contribution is 6.12.